The minimum Gasteiger partial charge on any atom is -0.303 e. The van der Waals surface area contributed by atoms with Gasteiger partial charge in [-0.2, -0.15) is 0 Å². The fourth-order valence-corrected chi connectivity index (χ4v) is 5.80. The molecule has 2 aromatic rings. The van der Waals surface area contributed by atoms with Crippen LogP contribution in [-0.2, 0) is 15.4 Å². The summed E-state index contributed by atoms with van der Waals surface area (Å²) in [7, 11) is -3.60. The third-order valence-corrected chi connectivity index (χ3v) is 8.35. The topological polar surface area (TPSA) is 49.4 Å². The highest BCUT2D eigenvalue weighted by atomic mass is 32.2. The SMILES string of the molecule is CCCCCCN1CC[C@](C)(c2cccc(NS(=O)(=O)c3cccc(C)c3)c2)[C@@H](C)C1. The van der Waals surface area contributed by atoms with E-state index in [4.69, 9.17) is 0 Å². The molecule has 0 bridgehead atoms. The molecule has 0 amide bonds. The van der Waals surface area contributed by atoms with Crippen LogP contribution >= 0.6 is 0 Å². The van der Waals surface area contributed by atoms with Gasteiger partial charge in [0.1, 0.15) is 0 Å². The fraction of sp³-hybridized carbons (Fsp3) is 0.538. The highest BCUT2D eigenvalue weighted by Gasteiger charge is 2.38. The van der Waals surface area contributed by atoms with Crippen molar-refractivity contribution in [3.8, 4) is 0 Å². The quantitative estimate of drug-likeness (QED) is 0.486. The Kier molecular flexibility index (Phi) is 7.82. The number of nitrogens with one attached hydrogen (secondary N) is 1. The molecule has 0 aliphatic carbocycles. The van der Waals surface area contributed by atoms with Crippen LogP contribution in [0.4, 0.5) is 5.69 Å². The predicted molar refractivity (Wildman–Crippen MR) is 130 cm³/mol. The molecule has 0 radical (unpaired) electrons. The minimum atomic E-state index is -3.60. The summed E-state index contributed by atoms with van der Waals surface area (Å²) in [5.74, 6) is 0.510. The fourth-order valence-electron chi connectivity index (χ4n) is 4.65. The number of unbranched alkanes of at least 4 members (excludes halogenated alkanes) is 3. The van der Waals surface area contributed by atoms with Crippen LogP contribution in [0.1, 0.15) is 64.0 Å². The molecule has 1 fully saturated rings. The van der Waals surface area contributed by atoms with Gasteiger partial charge in [-0.1, -0.05) is 64.3 Å². The van der Waals surface area contributed by atoms with Gasteiger partial charge < -0.3 is 4.90 Å². The molecule has 0 aromatic heterocycles. The largest absolute Gasteiger partial charge is 0.303 e. The summed E-state index contributed by atoms with van der Waals surface area (Å²) >= 11 is 0. The normalized spacial score (nSPS) is 22.4. The van der Waals surface area contributed by atoms with E-state index < -0.39 is 10.0 Å². The lowest BCUT2D eigenvalue weighted by atomic mass is 9.68. The summed E-state index contributed by atoms with van der Waals surface area (Å²) < 4.78 is 28.5. The van der Waals surface area contributed by atoms with Gasteiger partial charge in [-0.3, -0.25) is 4.72 Å². The van der Waals surface area contributed by atoms with Crippen molar-refractivity contribution in [2.24, 2.45) is 5.92 Å². The first-order chi connectivity index (χ1) is 14.7. The summed E-state index contributed by atoms with van der Waals surface area (Å²) in [4.78, 5) is 2.90. The summed E-state index contributed by atoms with van der Waals surface area (Å²) in [6, 6.07) is 15.0. The zero-order valence-corrected chi connectivity index (χ0v) is 20.3. The van der Waals surface area contributed by atoms with Crippen LogP contribution in [0.3, 0.4) is 0 Å². The lowest BCUT2D eigenvalue weighted by Crippen LogP contribution is -2.47. The summed E-state index contributed by atoms with van der Waals surface area (Å²) in [6.07, 6.45) is 6.30. The van der Waals surface area contributed by atoms with Gasteiger partial charge >= 0.3 is 0 Å². The van der Waals surface area contributed by atoms with Crippen molar-refractivity contribution < 1.29 is 8.42 Å². The van der Waals surface area contributed by atoms with Crippen LogP contribution in [0.2, 0.25) is 0 Å². The molecule has 0 unspecified atom stereocenters. The molecule has 5 heteroatoms. The second-order valence-electron chi connectivity index (χ2n) is 9.43. The number of nitrogens with zero attached hydrogens (tertiary/aromatic N) is 1. The molecule has 1 N–H and O–H groups in total. The number of hydrogen-bond donors (Lipinski definition) is 1. The van der Waals surface area contributed by atoms with Gasteiger partial charge in [0.05, 0.1) is 4.90 Å². The zero-order chi connectivity index (χ0) is 22.5. The van der Waals surface area contributed by atoms with Gasteiger partial charge in [-0.05, 0) is 79.6 Å². The first kappa shape index (κ1) is 23.8. The third kappa shape index (κ3) is 5.89. The highest BCUT2D eigenvalue weighted by molar-refractivity contribution is 7.92. The smallest absolute Gasteiger partial charge is 0.261 e. The van der Waals surface area contributed by atoms with Crippen LogP contribution in [0.25, 0.3) is 0 Å². The van der Waals surface area contributed by atoms with Crippen molar-refractivity contribution >= 4 is 15.7 Å². The lowest BCUT2D eigenvalue weighted by molar-refractivity contribution is 0.109. The first-order valence-corrected chi connectivity index (χ1v) is 13.2. The second kappa shape index (κ2) is 10.2. The molecule has 1 saturated heterocycles. The number of anilines is 1. The van der Waals surface area contributed by atoms with Crippen LogP contribution in [0, 0.1) is 12.8 Å². The standard InChI is InChI=1S/C26H38N2O2S/c1-5-6-7-8-16-28-17-15-26(4,22(3)20-28)23-12-10-13-24(19-23)27-31(29,30)25-14-9-11-21(2)18-25/h9-14,18-19,22,27H,5-8,15-17,20H2,1-4H3/t22-,26-/m0/s1. The monoisotopic (exact) mass is 442 g/mol. The maximum Gasteiger partial charge on any atom is 0.261 e. The van der Waals surface area contributed by atoms with E-state index in [2.05, 4.69) is 36.5 Å². The Morgan fingerprint density at radius 3 is 2.58 bits per heavy atom. The summed E-state index contributed by atoms with van der Waals surface area (Å²) in [6.45, 7) is 12.2. The van der Waals surface area contributed by atoms with E-state index >= 15 is 0 Å². The number of hydrogen-bond acceptors (Lipinski definition) is 3. The lowest BCUT2D eigenvalue weighted by Gasteiger charge is -2.45. The highest BCUT2D eigenvalue weighted by Crippen LogP contribution is 2.40. The number of aryl methyl sites for hydroxylation is 1. The molecule has 1 heterocycles. The number of likely N-dealkylation sites (tertiary alicyclic amines) is 1. The van der Waals surface area contributed by atoms with E-state index in [1.165, 1.54) is 37.8 Å². The molecular weight excluding hydrogens is 404 g/mol. The maximum absolute atomic E-state index is 12.9. The number of sulfonamides is 1. The zero-order valence-electron chi connectivity index (χ0n) is 19.5. The summed E-state index contributed by atoms with van der Waals surface area (Å²) in [5, 5.41) is 0. The molecule has 2 aromatic carbocycles. The van der Waals surface area contributed by atoms with Crippen molar-refractivity contribution in [1.82, 2.24) is 4.90 Å². The molecule has 0 saturated carbocycles. The van der Waals surface area contributed by atoms with Crippen molar-refractivity contribution in [2.45, 2.75) is 70.1 Å². The van der Waals surface area contributed by atoms with E-state index in [0.717, 1.165) is 25.1 Å². The van der Waals surface area contributed by atoms with Crippen LogP contribution in [0.15, 0.2) is 53.4 Å². The number of rotatable bonds is 9. The molecular formula is C26H38N2O2S. The van der Waals surface area contributed by atoms with Crippen molar-refractivity contribution in [3.63, 3.8) is 0 Å². The van der Waals surface area contributed by atoms with E-state index in [-0.39, 0.29) is 5.41 Å². The Morgan fingerprint density at radius 1 is 1.10 bits per heavy atom. The van der Waals surface area contributed by atoms with E-state index in [1.807, 2.05) is 31.2 Å². The van der Waals surface area contributed by atoms with Crippen LogP contribution in [0.5, 0.6) is 0 Å². The van der Waals surface area contributed by atoms with Gasteiger partial charge in [0, 0.05) is 12.2 Å². The molecule has 1 aliphatic heterocycles. The molecule has 4 nitrogen and oxygen atoms in total. The molecule has 0 spiro atoms. The predicted octanol–water partition coefficient (Wildman–Crippen LogP) is 5.98. The minimum absolute atomic E-state index is 0.0463. The first-order valence-electron chi connectivity index (χ1n) is 11.7. The van der Waals surface area contributed by atoms with E-state index in [1.54, 1.807) is 18.2 Å². The maximum atomic E-state index is 12.9. The molecule has 2 atom stereocenters. The van der Waals surface area contributed by atoms with Crippen molar-refractivity contribution in [3.05, 3.63) is 59.7 Å². The van der Waals surface area contributed by atoms with Gasteiger partial charge in [0.15, 0.2) is 0 Å². The Morgan fingerprint density at radius 2 is 1.87 bits per heavy atom. The number of benzene rings is 2. The van der Waals surface area contributed by atoms with Gasteiger partial charge in [0.2, 0.25) is 0 Å². The van der Waals surface area contributed by atoms with Gasteiger partial charge in [-0.15, -0.1) is 0 Å². The third-order valence-electron chi connectivity index (χ3n) is 6.97. The molecule has 31 heavy (non-hydrogen) atoms. The molecule has 1 aliphatic rings. The Balaban J connectivity index is 1.71. The average Bonchev–Trinajstić information content (AvgIpc) is 2.74. The van der Waals surface area contributed by atoms with E-state index in [0.29, 0.717) is 16.5 Å². The number of piperidine rings is 1. The van der Waals surface area contributed by atoms with Gasteiger partial charge in [0.25, 0.3) is 10.0 Å². The Hall–Kier alpha value is -1.85. The molecule has 170 valence electrons. The second-order valence-corrected chi connectivity index (χ2v) is 11.1. The Bertz CT molecular complexity index is 973. The van der Waals surface area contributed by atoms with E-state index in [9.17, 15) is 8.42 Å². The average molecular weight is 443 g/mol. The van der Waals surface area contributed by atoms with Crippen molar-refractivity contribution in [2.75, 3.05) is 24.4 Å². The Labute approximate surface area is 189 Å². The molecule has 3 rings (SSSR count). The van der Waals surface area contributed by atoms with Gasteiger partial charge in [-0.25, -0.2) is 8.42 Å². The summed E-state index contributed by atoms with van der Waals surface area (Å²) in [5.41, 5.74) is 2.83. The van der Waals surface area contributed by atoms with Crippen LogP contribution < -0.4 is 4.72 Å². The van der Waals surface area contributed by atoms with Crippen LogP contribution in [-0.4, -0.2) is 33.0 Å². The van der Waals surface area contributed by atoms with Crippen molar-refractivity contribution in [1.29, 1.82) is 0 Å².